The second-order valence-corrected chi connectivity index (χ2v) is 4.58. The Balaban J connectivity index is 2.04. The molecule has 0 amide bonds. The number of anilines is 3. The van der Waals surface area contributed by atoms with Gasteiger partial charge in [0.1, 0.15) is 0 Å². The van der Waals surface area contributed by atoms with E-state index in [4.69, 9.17) is 5.73 Å². The molecule has 0 aliphatic rings. The average Bonchev–Trinajstić information content (AvgIpc) is 2.48. The van der Waals surface area contributed by atoms with E-state index in [1.54, 1.807) is 0 Å². The number of rotatable bonds is 3. The van der Waals surface area contributed by atoms with Gasteiger partial charge in [0.25, 0.3) is 0 Å². The van der Waals surface area contributed by atoms with E-state index in [-0.39, 0.29) is 0 Å². The highest BCUT2D eigenvalue weighted by atomic mass is 15.1. The number of benzene rings is 2. The summed E-state index contributed by atoms with van der Waals surface area (Å²) in [6, 6.07) is 15.8. The van der Waals surface area contributed by atoms with Crippen LogP contribution in [0.2, 0.25) is 0 Å². The molecule has 20 heavy (non-hydrogen) atoms. The first kappa shape index (κ1) is 12.4. The molecule has 0 spiro atoms. The maximum atomic E-state index is 5.99. The molecule has 100 valence electrons. The van der Waals surface area contributed by atoms with Crippen LogP contribution in [-0.4, -0.2) is 9.97 Å². The first-order valence-electron chi connectivity index (χ1n) is 6.65. The number of nitrogen functional groups attached to an aromatic ring is 1. The fourth-order valence-corrected chi connectivity index (χ4v) is 2.18. The van der Waals surface area contributed by atoms with E-state index in [0.717, 1.165) is 23.1 Å². The van der Waals surface area contributed by atoms with E-state index in [1.165, 1.54) is 5.56 Å². The Labute approximate surface area is 117 Å². The number of nitrogens with two attached hydrogens (primary N) is 1. The fraction of sp³-hybridized carbons (Fsp3) is 0.125. The van der Waals surface area contributed by atoms with E-state index in [1.807, 2.05) is 42.5 Å². The lowest BCUT2D eigenvalue weighted by molar-refractivity contribution is 1.14. The van der Waals surface area contributed by atoms with Crippen LogP contribution in [-0.2, 0) is 6.42 Å². The normalized spacial score (nSPS) is 10.7. The van der Waals surface area contributed by atoms with Crippen LogP contribution < -0.4 is 11.1 Å². The number of hydrogen-bond donors (Lipinski definition) is 2. The highest BCUT2D eigenvalue weighted by Gasteiger charge is 2.07. The zero-order chi connectivity index (χ0) is 13.9. The number of aromatic nitrogens is 2. The number of nitrogens with one attached hydrogen (secondary N) is 1. The molecule has 0 unspecified atom stereocenters. The zero-order valence-electron chi connectivity index (χ0n) is 11.3. The minimum Gasteiger partial charge on any atom is -0.381 e. The molecule has 0 atom stereocenters. The first-order valence-corrected chi connectivity index (χ1v) is 6.65. The number of nitrogens with zero attached hydrogens (tertiary/aromatic N) is 2. The summed E-state index contributed by atoms with van der Waals surface area (Å²) in [7, 11) is 0. The van der Waals surface area contributed by atoms with Gasteiger partial charge in [-0.2, -0.15) is 0 Å². The Morgan fingerprint density at radius 1 is 0.950 bits per heavy atom. The monoisotopic (exact) mass is 264 g/mol. The number of para-hydroxylation sites is 3. The summed E-state index contributed by atoms with van der Waals surface area (Å²) in [6.45, 7) is 2.12. The van der Waals surface area contributed by atoms with Gasteiger partial charge < -0.3 is 11.1 Å². The van der Waals surface area contributed by atoms with Gasteiger partial charge in [0.15, 0.2) is 11.6 Å². The molecule has 0 saturated heterocycles. The molecule has 0 aliphatic carbocycles. The van der Waals surface area contributed by atoms with Crippen LogP contribution in [0.5, 0.6) is 0 Å². The van der Waals surface area contributed by atoms with Crippen molar-refractivity contribution < 1.29 is 0 Å². The molecule has 0 radical (unpaired) electrons. The molecule has 1 heterocycles. The van der Waals surface area contributed by atoms with E-state index < -0.39 is 0 Å². The van der Waals surface area contributed by atoms with Gasteiger partial charge in [-0.05, 0) is 30.2 Å². The standard InChI is InChI=1S/C16H16N4/c1-2-11-7-3-4-8-12(11)19-16-15(17)18-13-9-5-6-10-14(13)20-16/h3-10H,2H2,1H3,(H2,17,18)(H,19,20). The van der Waals surface area contributed by atoms with Crippen molar-refractivity contribution in [2.45, 2.75) is 13.3 Å². The van der Waals surface area contributed by atoms with Gasteiger partial charge in [0.2, 0.25) is 0 Å². The Kier molecular flexibility index (Phi) is 3.21. The zero-order valence-corrected chi connectivity index (χ0v) is 11.3. The number of fused-ring (bicyclic) bond motifs is 1. The van der Waals surface area contributed by atoms with Gasteiger partial charge in [-0.25, -0.2) is 9.97 Å². The molecule has 2 aromatic carbocycles. The molecule has 3 aromatic rings. The molecule has 3 rings (SSSR count). The highest BCUT2D eigenvalue weighted by molar-refractivity contribution is 5.81. The molecule has 0 bridgehead atoms. The summed E-state index contributed by atoms with van der Waals surface area (Å²) in [5, 5.41) is 3.29. The third-order valence-corrected chi connectivity index (χ3v) is 3.25. The fourth-order valence-electron chi connectivity index (χ4n) is 2.18. The van der Waals surface area contributed by atoms with Crippen LogP contribution in [0.25, 0.3) is 11.0 Å². The number of hydrogen-bond acceptors (Lipinski definition) is 4. The van der Waals surface area contributed by atoms with Crippen molar-refractivity contribution in [3.63, 3.8) is 0 Å². The SMILES string of the molecule is CCc1ccccc1Nc1nc2ccccc2nc1N. The van der Waals surface area contributed by atoms with Crippen LogP contribution in [0.3, 0.4) is 0 Å². The Bertz CT molecular complexity index is 752. The topological polar surface area (TPSA) is 63.8 Å². The molecule has 0 fully saturated rings. The second kappa shape index (κ2) is 5.17. The lowest BCUT2D eigenvalue weighted by Crippen LogP contribution is -2.03. The molecule has 3 N–H and O–H groups in total. The van der Waals surface area contributed by atoms with Crippen molar-refractivity contribution in [2.24, 2.45) is 0 Å². The minimum atomic E-state index is 0.412. The Hall–Kier alpha value is -2.62. The van der Waals surface area contributed by atoms with Gasteiger partial charge in [-0.1, -0.05) is 37.3 Å². The highest BCUT2D eigenvalue weighted by Crippen LogP contribution is 2.24. The second-order valence-electron chi connectivity index (χ2n) is 4.58. The third-order valence-electron chi connectivity index (χ3n) is 3.25. The molecule has 0 saturated carbocycles. The van der Waals surface area contributed by atoms with Crippen LogP contribution in [0.1, 0.15) is 12.5 Å². The van der Waals surface area contributed by atoms with Crippen molar-refractivity contribution in [2.75, 3.05) is 11.1 Å². The molecular weight excluding hydrogens is 248 g/mol. The van der Waals surface area contributed by atoms with Crippen LogP contribution in [0, 0.1) is 0 Å². The van der Waals surface area contributed by atoms with E-state index in [2.05, 4.69) is 28.3 Å². The lowest BCUT2D eigenvalue weighted by Gasteiger charge is -2.12. The van der Waals surface area contributed by atoms with Crippen molar-refractivity contribution in [1.29, 1.82) is 0 Å². The van der Waals surface area contributed by atoms with E-state index in [0.29, 0.717) is 11.6 Å². The third kappa shape index (κ3) is 2.28. The average molecular weight is 264 g/mol. The van der Waals surface area contributed by atoms with E-state index in [9.17, 15) is 0 Å². The summed E-state index contributed by atoms with van der Waals surface area (Å²) < 4.78 is 0. The Morgan fingerprint density at radius 3 is 2.35 bits per heavy atom. The van der Waals surface area contributed by atoms with Crippen molar-refractivity contribution in [3.05, 3.63) is 54.1 Å². The van der Waals surface area contributed by atoms with Crippen molar-refractivity contribution >= 4 is 28.4 Å². The van der Waals surface area contributed by atoms with E-state index >= 15 is 0 Å². The maximum absolute atomic E-state index is 5.99. The maximum Gasteiger partial charge on any atom is 0.174 e. The molecular formula is C16H16N4. The van der Waals surface area contributed by atoms with Crippen molar-refractivity contribution in [3.8, 4) is 0 Å². The summed E-state index contributed by atoms with van der Waals surface area (Å²) in [5.74, 6) is 1.01. The quantitative estimate of drug-likeness (QED) is 0.759. The smallest absolute Gasteiger partial charge is 0.174 e. The van der Waals surface area contributed by atoms with Crippen LogP contribution >= 0.6 is 0 Å². The van der Waals surface area contributed by atoms with Gasteiger partial charge in [0.05, 0.1) is 11.0 Å². The minimum absolute atomic E-state index is 0.412. The predicted octanol–water partition coefficient (Wildman–Crippen LogP) is 3.52. The predicted molar refractivity (Wildman–Crippen MR) is 83.1 cm³/mol. The molecule has 0 aliphatic heterocycles. The Morgan fingerprint density at radius 2 is 1.60 bits per heavy atom. The largest absolute Gasteiger partial charge is 0.381 e. The van der Waals surface area contributed by atoms with Crippen LogP contribution in [0.15, 0.2) is 48.5 Å². The molecule has 4 heteroatoms. The molecule has 4 nitrogen and oxygen atoms in total. The summed E-state index contributed by atoms with van der Waals surface area (Å²) in [5.41, 5.74) is 9.87. The van der Waals surface area contributed by atoms with Crippen LogP contribution in [0.4, 0.5) is 17.3 Å². The first-order chi connectivity index (χ1) is 9.78. The lowest BCUT2D eigenvalue weighted by atomic mass is 10.1. The summed E-state index contributed by atoms with van der Waals surface area (Å²) >= 11 is 0. The van der Waals surface area contributed by atoms with Gasteiger partial charge >= 0.3 is 0 Å². The summed E-state index contributed by atoms with van der Waals surface area (Å²) in [6.07, 6.45) is 0.948. The van der Waals surface area contributed by atoms with Gasteiger partial charge in [0, 0.05) is 5.69 Å². The number of aryl methyl sites for hydroxylation is 1. The molecule has 1 aromatic heterocycles. The van der Waals surface area contributed by atoms with Gasteiger partial charge in [-0.15, -0.1) is 0 Å². The summed E-state index contributed by atoms with van der Waals surface area (Å²) in [4.78, 5) is 8.93. The van der Waals surface area contributed by atoms with Gasteiger partial charge in [-0.3, -0.25) is 0 Å². The van der Waals surface area contributed by atoms with Crippen molar-refractivity contribution in [1.82, 2.24) is 9.97 Å².